The molecule has 0 spiro atoms. The van der Waals surface area contributed by atoms with E-state index in [-0.39, 0.29) is 11.9 Å². The van der Waals surface area contributed by atoms with E-state index in [1.807, 2.05) is 37.3 Å². The molecule has 1 aliphatic rings. The van der Waals surface area contributed by atoms with Crippen molar-refractivity contribution in [2.24, 2.45) is 0 Å². The lowest BCUT2D eigenvalue weighted by atomic mass is 10.1. The molecule has 1 aliphatic heterocycles. The molecule has 0 radical (unpaired) electrons. The molecule has 2 atom stereocenters. The van der Waals surface area contributed by atoms with Gasteiger partial charge in [-0.25, -0.2) is 0 Å². The van der Waals surface area contributed by atoms with E-state index in [2.05, 4.69) is 10.3 Å². The molecule has 1 aromatic carbocycles. The van der Waals surface area contributed by atoms with Crippen LogP contribution in [0.15, 0.2) is 30.3 Å². The first-order valence-corrected chi connectivity index (χ1v) is 7.10. The van der Waals surface area contributed by atoms with Gasteiger partial charge in [0, 0.05) is 31.2 Å². The average molecular weight is 285 g/mol. The van der Waals surface area contributed by atoms with Crippen molar-refractivity contribution < 1.29 is 9.90 Å². The summed E-state index contributed by atoms with van der Waals surface area (Å²) in [5.41, 5.74) is 2.27. The summed E-state index contributed by atoms with van der Waals surface area (Å²) in [6.07, 6.45) is -0.520. The SMILES string of the molecule is Cc1cc(C(=O)N(C)[C@@H]2CNC[C@H]2O)c2ccccc2n1. The van der Waals surface area contributed by atoms with Gasteiger partial charge in [0.05, 0.1) is 23.2 Å². The first-order chi connectivity index (χ1) is 10.1. The summed E-state index contributed by atoms with van der Waals surface area (Å²) in [5, 5.41) is 13.9. The smallest absolute Gasteiger partial charge is 0.254 e. The molecule has 1 saturated heterocycles. The van der Waals surface area contributed by atoms with Crippen molar-refractivity contribution in [1.82, 2.24) is 15.2 Å². The maximum absolute atomic E-state index is 12.8. The third kappa shape index (κ3) is 2.50. The lowest BCUT2D eigenvalue weighted by Crippen LogP contribution is -2.44. The van der Waals surface area contributed by atoms with Gasteiger partial charge in [-0.3, -0.25) is 9.78 Å². The highest BCUT2D eigenvalue weighted by Crippen LogP contribution is 2.21. The Morgan fingerprint density at radius 3 is 2.86 bits per heavy atom. The Morgan fingerprint density at radius 2 is 2.14 bits per heavy atom. The summed E-state index contributed by atoms with van der Waals surface area (Å²) in [6.45, 7) is 3.03. The van der Waals surface area contributed by atoms with Crippen LogP contribution in [0.3, 0.4) is 0 Å². The van der Waals surface area contributed by atoms with Crippen LogP contribution >= 0.6 is 0 Å². The minimum atomic E-state index is -0.520. The summed E-state index contributed by atoms with van der Waals surface area (Å²) < 4.78 is 0. The second kappa shape index (κ2) is 5.42. The number of rotatable bonds is 2. The first kappa shape index (κ1) is 14.0. The summed E-state index contributed by atoms with van der Waals surface area (Å²) >= 11 is 0. The number of fused-ring (bicyclic) bond motifs is 1. The highest BCUT2D eigenvalue weighted by Gasteiger charge is 2.32. The molecule has 3 rings (SSSR count). The van der Waals surface area contributed by atoms with Crippen LogP contribution < -0.4 is 5.32 Å². The average Bonchev–Trinajstić information content (AvgIpc) is 2.91. The Morgan fingerprint density at radius 1 is 1.38 bits per heavy atom. The monoisotopic (exact) mass is 285 g/mol. The molecule has 110 valence electrons. The number of amides is 1. The molecule has 5 heteroatoms. The molecule has 0 bridgehead atoms. The summed E-state index contributed by atoms with van der Waals surface area (Å²) in [5.74, 6) is -0.0792. The van der Waals surface area contributed by atoms with Gasteiger partial charge < -0.3 is 15.3 Å². The van der Waals surface area contributed by atoms with E-state index < -0.39 is 6.10 Å². The minimum absolute atomic E-state index is 0.0792. The number of hydrogen-bond acceptors (Lipinski definition) is 4. The molecule has 2 N–H and O–H groups in total. The fraction of sp³-hybridized carbons (Fsp3) is 0.375. The number of aliphatic hydroxyl groups is 1. The van der Waals surface area contributed by atoms with Crippen LogP contribution in [0.1, 0.15) is 16.1 Å². The predicted octanol–water partition coefficient (Wildman–Crippen LogP) is 0.948. The van der Waals surface area contributed by atoms with Gasteiger partial charge in [-0.2, -0.15) is 0 Å². The number of nitrogens with zero attached hydrogens (tertiary/aromatic N) is 2. The highest BCUT2D eigenvalue weighted by atomic mass is 16.3. The number of aliphatic hydroxyl groups excluding tert-OH is 1. The third-order valence-electron chi connectivity index (χ3n) is 4.04. The Kier molecular flexibility index (Phi) is 3.61. The molecule has 21 heavy (non-hydrogen) atoms. The van der Waals surface area contributed by atoms with Gasteiger partial charge in [0.2, 0.25) is 0 Å². The molecule has 0 saturated carbocycles. The number of benzene rings is 1. The topological polar surface area (TPSA) is 65.5 Å². The van der Waals surface area contributed by atoms with Gasteiger partial charge in [-0.15, -0.1) is 0 Å². The summed E-state index contributed by atoms with van der Waals surface area (Å²) in [7, 11) is 1.74. The van der Waals surface area contributed by atoms with Crippen LogP contribution in [0.25, 0.3) is 10.9 Å². The summed E-state index contributed by atoms with van der Waals surface area (Å²) in [4.78, 5) is 18.9. The predicted molar refractivity (Wildman–Crippen MR) is 81.2 cm³/mol. The molecule has 1 fully saturated rings. The minimum Gasteiger partial charge on any atom is -0.390 e. The van der Waals surface area contributed by atoms with Crippen molar-refractivity contribution in [3.8, 4) is 0 Å². The van der Waals surface area contributed by atoms with Gasteiger partial charge in [0.1, 0.15) is 0 Å². The number of carbonyl (C=O) groups excluding carboxylic acids is 1. The number of aryl methyl sites for hydroxylation is 1. The molecule has 2 aromatic rings. The van der Waals surface area contributed by atoms with E-state index in [4.69, 9.17) is 0 Å². The maximum atomic E-state index is 12.8. The number of likely N-dealkylation sites (N-methyl/N-ethyl adjacent to an activating group) is 1. The van der Waals surface area contributed by atoms with Gasteiger partial charge in [-0.1, -0.05) is 18.2 Å². The number of nitrogens with one attached hydrogen (secondary N) is 1. The Labute approximate surface area is 123 Å². The molecule has 5 nitrogen and oxygen atoms in total. The van der Waals surface area contributed by atoms with Gasteiger partial charge in [0.25, 0.3) is 5.91 Å². The van der Waals surface area contributed by atoms with Crippen molar-refractivity contribution in [3.05, 3.63) is 41.6 Å². The highest BCUT2D eigenvalue weighted by molar-refractivity contribution is 6.06. The lowest BCUT2D eigenvalue weighted by Gasteiger charge is -2.27. The second-order valence-electron chi connectivity index (χ2n) is 5.54. The molecular weight excluding hydrogens is 266 g/mol. The fourth-order valence-electron chi connectivity index (χ4n) is 2.87. The van der Waals surface area contributed by atoms with Gasteiger partial charge in [0.15, 0.2) is 0 Å². The Bertz CT molecular complexity index is 686. The number of carbonyl (C=O) groups is 1. The normalized spacial score (nSPS) is 21.7. The Hall–Kier alpha value is -1.98. The zero-order chi connectivity index (χ0) is 15.0. The number of pyridine rings is 1. The standard InChI is InChI=1S/C16H19N3O2/c1-10-7-12(11-5-3-4-6-13(11)18-10)16(21)19(2)14-8-17-9-15(14)20/h3-7,14-15,17,20H,8-9H2,1-2H3/t14-,15-/m1/s1. The fourth-order valence-corrected chi connectivity index (χ4v) is 2.87. The van der Waals surface area contributed by atoms with Crippen LogP contribution in [0.5, 0.6) is 0 Å². The lowest BCUT2D eigenvalue weighted by molar-refractivity contribution is 0.0583. The largest absolute Gasteiger partial charge is 0.390 e. The van der Waals surface area contributed by atoms with E-state index in [9.17, 15) is 9.90 Å². The van der Waals surface area contributed by atoms with E-state index in [1.165, 1.54) is 0 Å². The second-order valence-corrected chi connectivity index (χ2v) is 5.54. The van der Waals surface area contributed by atoms with E-state index in [1.54, 1.807) is 11.9 Å². The van der Waals surface area contributed by atoms with Crippen molar-refractivity contribution in [3.63, 3.8) is 0 Å². The van der Waals surface area contributed by atoms with Crippen LogP contribution in [-0.4, -0.2) is 53.2 Å². The molecule has 0 unspecified atom stereocenters. The van der Waals surface area contributed by atoms with Gasteiger partial charge >= 0.3 is 0 Å². The van der Waals surface area contributed by atoms with Crippen molar-refractivity contribution in [1.29, 1.82) is 0 Å². The third-order valence-corrected chi connectivity index (χ3v) is 4.04. The van der Waals surface area contributed by atoms with Crippen molar-refractivity contribution in [2.75, 3.05) is 20.1 Å². The van der Waals surface area contributed by atoms with Crippen molar-refractivity contribution in [2.45, 2.75) is 19.1 Å². The van der Waals surface area contributed by atoms with Gasteiger partial charge in [-0.05, 0) is 19.1 Å². The maximum Gasteiger partial charge on any atom is 0.254 e. The van der Waals surface area contributed by atoms with Crippen LogP contribution in [0.2, 0.25) is 0 Å². The van der Waals surface area contributed by atoms with Crippen LogP contribution in [0, 0.1) is 6.92 Å². The van der Waals surface area contributed by atoms with Crippen LogP contribution in [-0.2, 0) is 0 Å². The van der Waals surface area contributed by atoms with E-state index in [0.717, 1.165) is 16.6 Å². The van der Waals surface area contributed by atoms with Crippen molar-refractivity contribution >= 4 is 16.8 Å². The molecule has 1 aromatic heterocycles. The molecular formula is C16H19N3O2. The zero-order valence-electron chi connectivity index (χ0n) is 12.2. The van der Waals surface area contributed by atoms with E-state index in [0.29, 0.717) is 18.7 Å². The Balaban J connectivity index is 2.01. The molecule has 0 aliphatic carbocycles. The quantitative estimate of drug-likeness (QED) is 0.862. The number of β-amino-alcohol motifs (C(OH)–C–C–N with tert-alkyl or cyclic N) is 1. The molecule has 1 amide bonds. The number of aromatic nitrogens is 1. The molecule has 2 heterocycles. The van der Waals surface area contributed by atoms with E-state index >= 15 is 0 Å². The first-order valence-electron chi connectivity index (χ1n) is 7.10. The van der Waals surface area contributed by atoms with Crippen LogP contribution in [0.4, 0.5) is 0 Å². The number of hydrogen-bond donors (Lipinski definition) is 2. The number of para-hydroxylation sites is 1. The zero-order valence-corrected chi connectivity index (χ0v) is 12.2. The summed E-state index contributed by atoms with van der Waals surface area (Å²) in [6, 6.07) is 9.26.